The van der Waals surface area contributed by atoms with Gasteiger partial charge in [-0.3, -0.25) is 0 Å². The van der Waals surface area contributed by atoms with E-state index in [4.69, 9.17) is 4.74 Å². The number of rotatable bonds is 9. The summed E-state index contributed by atoms with van der Waals surface area (Å²) in [6, 6.07) is 0. The average Bonchev–Trinajstić information content (AvgIpc) is 2.81. The number of methoxy groups -OCH3 is 1. The van der Waals surface area contributed by atoms with Gasteiger partial charge in [0, 0.05) is 26.0 Å². The molecular formula is C13H25N3O. The van der Waals surface area contributed by atoms with Crippen LogP contribution in [0.2, 0.25) is 0 Å². The zero-order valence-electron chi connectivity index (χ0n) is 11.3. The molecule has 0 aliphatic rings. The molecular weight excluding hydrogens is 214 g/mol. The van der Waals surface area contributed by atoms with Crippen LogP contribution in [-0.4, -0.2) is 35.4 Å². The Labute approximate surface area is 104 Å². The third kappa shape index (κ3) is 6.44. The van der Waals surface area contributed by atoms with Crippen LogP contribution in [0.5, 0.6) is 0 Å². The fourth-order valence-corrected chi connectivity index (χ4v) is 1.58. The number of unbranched alkanes of at least 4 members (excludes halogenated alkanes) is 1. The molecule has 98 valence electrons. The second kappa shape index (κ2) is 7.45. The summed E-state index contributed by atoms with van der Waals surface area (Å²) in [5.41, 5.74) is -0.0101. The molecule has 0 radical (unpaired) electrons. The molecule has 1 aromatic heterocycles. The van der Waals surface area contributed by atoms with Crippen molar-refractivity contribution in [2.24, 2.45) is 0 Å². The first-order valence-electron chi connectivity index (χ1n) is 6.36. The van der Waals surface area contributed by atoms with E-state index < -0.39 is 0 Å². The topological polar surface area (TPSA) is 39.1 Å². The van der Waals surface area contributed by atoms with E-state index in [0.29, 0.717) is 0 Å². The summed E-state index contributed by atoms with van der Waals surface area (Å²) in [6.07, 6.45) is 9.14. The molecule has 0 aliphatic carbocycles. The summed E-state index contributed by atoms with van der Waals surface area (Å²) < 4.78 is 7.48. The zero-order valence-corrected chi connectivity index (χ0v) is 11.3. The van der Waals surface area contributed by atoms with Crippen LogP contribution in [-0.2, 0) is 11.3 Å². The van der Waals surface area contributed by atoms with E-state index >= 15 is 0 Å². The summed E-state index contributed by atoms with van der Waals surface area (Å²) in [5, 5.41) is 3.45. The van der Waals surface area contributed by atoms with Crippen LogP contribution in [0.15, 0.2) is 18.7 Å². The molecule has 0 bridgehead atoms. The van der Waals surface area contributed by atoms with Gasteiger partial charge in [-0.2, -0.15) is 0 Å². The first-order valence-corrected chi connectivity index (χ1v) is 6.36. The van der Waals surface area contributed by atoms with Gasteiger partial charge in [0.15, 0.2) is 0 Å². The summed E-state index contributed by atoms with van der Waals surface area (Å²) in [5.74, 6) is 0. The van der Waals surface area contributed by atoms with Gasteiger partial charge in [0.25, 0.3) is 0 Å². The third-order valence-corrected chi connectivity index (χ3v) is 3.04. The van der Waals surface area contributed by atoms with Gasteiger partial charge in [-0.25, -0.2) is 4.98 Å². The number of ether oxygens (including phenoxy) is 1. The van der Waals surface area contributed by atoms with Crippen LogP contribution in [0, 0.1) is 0 Å². The van der Waals surface area contributed by atoms with Crippen molar-refractivity contribution in [1.82, 2.24) is 14.9 Å². The molecule has 0 fully saturated rings. The van der Waals surface area contributed by atoms with Crippen molar-refractivity contribution in [3.8, 4) is 0 Å². The molecule has 0 saturated carbocycles. The van der Waals surface area contributed by atoms with Gasteiger partial charge in [0.05, 0.1) is 11.9 Å². The van der Waals surface area contributed by atoms with Crippen molar-refractivity contribution in [2.45, 2.75) is 45.3 Å². The number of aryl methyl sites for hydroxylation is 1. The molecule has 0 aromatic carbocycles. The summed E-state index contributed by atoms with van der Waals surface area (Å²) >= 11 is 0. The lowest BCUT2D eigenvalue weighted by molar-refractivity contribution is 0.0159. The smallest absolute Gasteiger partial charge is 0.0945 e. The number of nitrogens with zero attached hydrogens (tertiary/aromatic N) is 2. The molecule has 1 rings (SSSR count). The Balaban J connectivity index is 1.91. The molecule has 0 atom stereocenters. The summed E-state index contributed by atoms with van der Waals surface area (Å²) in [6.45, 7) is 7.40. The van der Waals surface area contributed by atoms with E-state index in [0.717, 1.165) is 26.1 Å². The normalized spacial score (nSPS) is 11.9. The minimum absolute atomic E-state index is 0.0101. The number of hydrogen-bond acceptors (Lipinski definition) is 3. The maximum Gasteiger partial charge on any atom is 0.0945 e. The molecule has 1 aromatic rings. The molecule has 0 spiro atoms. The van der Waals surface area contributed by atoms with Gasteiger partial charge in [0.2, 0.25) is 0 Å². The van der Waals surface area contributed by atoms with Gasteiger partial charge in [-0.1, -0.05) is 0 Å². The number of imidazole rings is 1. The quantitative estimate of drug-likeness (QED) is 0.671. The van der Waals surface area contributed by atoms with Crippen molar-refractivity contribution < 1.29 is 4.74 Å². The molecule has 0 amide bonds. The Hall–Kier alpha value is -0.870. The highest BCUT2D eigenvalue weighted by atomic mass is 16.5. The molecule has 17 heavy (non-hydrogen) atoms. The van der Waals surface area contributed by atoms with Crippen LogP contribution >= 0.6 is 0 Å². The Morgan fingerprint density at radius 1 is 1.29 bits per heavy atom. The number of nitrogens with one attached hydrogen (secondary N) is 1. The maximum absolute atomic E-state index is 5.36. The van der Waals surface area contributed by atoms with E-state index in [2.05, 4.69) is 28.7 Å². The highest BCUT2D eigenvalue weighted by molar-refractivity contribution is 4.73. The van der Waals surface area contributed by atoms with Crippen LogP contribution in [0.3, 0.4) is 0 Å². The predicted octanol–water partition coefficient (Wildman–Crippen LogP) is 2.07. The standard InChI is InChI=1S/C13H25N3O/c1-13(2,17-3)6-8-14-7-4-5-10-16-11-9-15-12-16/h9,11-12,14H,4-8,10H2,1-3H3. The molecule has 0 unspecified atom stereocenters. The van der Waals surface area contributed by atoms with Gasteiger partial charge in [-0.15, -0.1) is 0 Å². The van der Waals surface area contributed by atoms with E-state index in [-0.39, 0.29) is 5.60 Å². The largest absolute Gasteiger partial charge is 0.379 e. The monoisotopic (exact) mass is 239 g/mol. The van der Waals surface area contributed by atoms with Crippen LogP contribution in [0.1, 0.15) is 33.1 Å². The molecule has 4 heteroatoms. The Morgan fingerprint density at radius 3 is 2.76 bits per heavy atom. The van der Waals surface area contributed by atoms with E-state index in [1.807, 2.05) is 18.7 Å². The highest BCUT2D eigenvalue weighted by Crippen LogP contribution is 2.11. The van der Waals surface area contributed by atoms with Crippen LogP contribution < -0.4 is 5.32 Å². The van der Waals surface area contributed by atoms with Gasteiger partial charge < -0.3 is 14.6 Å². The van der Waals surface area contributed by atoms with Gasteiger partial charge in [-0.05, 0) is 46.2 Å². The molecule has 1 heterocycles. The van der Waals surface area contributed by atoms with E-state index in [1.54, 1.807) is 7.11 Å². The van der Waals surface area contributed by atoms with Gasteiger partial charge >= 0.3 is 0 Å². The lowest BCUT2D eigenvalue weighted by atomic mass is 10.1. The molecule has 4 nitrogen and oxygen atoms in total. The summed E-state index contributed by atoms with van der Waals surface area (Å²) in [7, 11) is 1.77. The van der Waals surface area contributed by atoms with Gasteiger partial charge in [0.1, 0.15) is 0 Å². The molecule has 0 aliphatic heterocycles. The van der Waals surface area contributed by atoms with E-state index in [1.165, 1.54) is 12.8 Å². The first-order chi connectivity index (χ1) is 8.14. The van der Waals surface area contributed by atoms with Crippen molar-refractivity contribution in [3.63, 3.8) is 0 Å². The van der Waals surface area contributed by atoms with Crippen molar-refractivity contribution >= 4 is 0 Å². The Kier molecular flexibility index (Phi) is 6.22. The van der Waals surface area contributed by atoms with Crippen molar-refractivity contribution in [3.05, 3.63) is 18.7 Å². The Morgan fingerprint density at radius 2 is 2.12 bits per heavy atom. The lowest BCUT2D eigenvalue weighted by Gasteiger charge is -2.22. The molecule has 0 saturated heterocycles. The zero-order chi connectivity index (χ0) is 12.6. The third-order valence-electron chi connectivity index (χ3n) is 3.04. The van der Waals surface area contributed by atoms with Crippen molar-refractivity contribution in [2.75, 3.05) is 20.2 Å². The fourth-order valence-electron chi connectivity index (χ4n) is 1.58. The second-order valence-electron chi connectivity index (χ2n) is 4.97. The fraction of sp³-hybridized carbons (Fsp3) is 0.769. The maximum atomic E-state index is 5.36. The Bertz CT molecular complexity index is 283. The average molecular weight is 239 g/mol. The molecule has 1 N–H and O–H groups in total. The summed E-state index contributed by atoms with van der Waals surface area (Å²) in [4.78, 5) is 4.02. The predicted molar refractivity (Wildman–Crippen MR) is 70.0 cm³/mol. The number of hydrogen-bond donors (Lipinski definition) is 1. The number of aromatic nitrogens is 2. The lowest BCUT2D eigenvalue weighted by Crippen LogP contribution is -2.29. The van der Waals surface area contributed by atoms with Crippen molar-refractivity contribution in [1.29, 1.82) is 0 Å². The van der Waals surface area contributed by atoms with Crippen LogP contribution in [0.4, 0.5) is 0 Å². The first kappa shape index (κ1) is 14.2. The highest BCUT2D eigenvalue weighted by Gasteiger charge is 2.14. The minimum atomic E-state index is -0.0101. The van der Waals surface area contributed by atoms with E-state index in [9.17, 15) is 0 Å². The van der Waals surface area contributed by atoms with Crippen LogP contribution in [0.25, 0.3) is 0 Å². The second-order valence-corrected chi connectivity index (χ2v) is 4.97. The minimum Gasteiger partial charge on any atom is -0.379 e. The SMILES string of the molecule is COC(C)(C)CCNCCCCn1ccnc1.